The Morgan fingerprint density at radius 1 is 1.40 bits per heavy atom. The lowest BCUT2D eigenvalue weighted by atomic mass is 10.1. The zero-order chi connectivity index (χ0) is 14.9. The van der Waals surface area contributed by atoms with Gasteiger partial charge in [-0.2, -0.15) is 0 Å². The lowest BCUT2D eigenvalue weighted by Gasteiger charge is -2.11. The molecule has 106 valence electrons. The second kappa shape index (κ2) is 5.80. The number of pyridine rings is 1. The number of aromatic nitrogens is 2. The Balaban J connectivity index is 2.39. The standard InChI is InChI=1S/C16H19ClN2O/c1-10-6-5-7-18-15(10)9-19-11(2)8-14(13(19)4)16(20)12(3)17/h5-8,12H,9H2,1-4H3. The van der Waals surface area contributed by atoms with Crippen molar-refractivity contribution in [2.45, 2.75) is 39.6 Å². The molecule has 0 saturated carbocycles. The summed E-state index contributed by atoms with van der Waals surface area (Å²) < 4.78 is 2.11. The molecule has 1 unspecified atom stereocenters. The minimum Gasteiger partial charge on any atom is -0.342 e. The molecule has 20 heavy (non-hydrogen) atoms. The van der Waals surface area contributed by atoms with Crippen molar-refractivity contribution in [2.24, 2.45) is 0 Å². The minimum absolute atomic E-state index is 0.0243. The van der Waals surface area contributed by atoms with Crippen LogP contribution in [0.2, 0.25) is 0 Å². The molecule has 0 bridgehead atoms. The van der Waals surface area contributed by atoms with E-state index < -0.39 is 5.38 Å². The van der Waals surface area contributed by atoms with E-state index >= 15 is 0 Å². The molecule has 2 aromatic heterocycles. The van der Waals surface area contributed by atoms with Gasteiger partial charge in [-0.1, -0.05) is 6.07 Å². The van der Waals surface area contributed by atoms with Crippen molar-refractivity contribution >= 4 is 17.4 Å². The molecule has 0 amide bonds. The summed E-state index contributed by atoms with van der Waals surface area (Å²) in [5, 5.41) is -0.500. The van der Waals surface area contributed by atoms with Crippen LogP contribution in [0.3, 0.4) is 0 Å². The maximum Gasteiger partial charge on any atom is 0.182 e. The zero-order valence-electron chi connectivity index (χ0n) is 12.3. The van der Waals surface area contributed by atoms with Crippen LogP contribution in [0.1, 0.15) is 39.9 Å². The van der Waals surface area contributed by atoms with Crippen LogP contribution in [0.15, 0.2) is 24.4 Å². The SMILES string of the molecule is Cc1cccnc1Cn1c(C)cc(C(=O)C(C)Cl)c1C. The van der Waals surface area contributed by atoms with E-state index in [0.717, 1.165) is 22.6 Å². The Kier molecular flexibility index (Phi) is 4.29. The number of rotatable bonds is 4. The molecule has 2 rings (SSSR count). The molecule has 4 heteroatoms. The second-order valence-corrected chi connectivity index (χ2v) is 5.77. The molecular formula is C16H19ClN2O. The summed E-state index contributed by atoms with van der Waals surface area (Å²) in [5.41, 5.74) is 4.88. The summed E-state index contributed by atoms with van der Waals surface area (Å²) in [5.74, 6) is -0.0243. The maximum absolute atomic E-state index is 12.1. The number of alkyl halides is 1. The highest BCUT2D eigenvalue weighted by Crippen LogP contribution is 2.20. The smallest absolute Gasteiger partial charge is 0.182 e. The van der Waals surface area contributed by atoms with Gasteiger partial charge in [0.2, 0.25) is 0 Å². The first-order valence-electron chi connectivity index (χ1n) is 6.67. The summed E-state index contributed by atoms with van der Waals surface area (Å²) >= 11 is 5.91. The fraction of sp³-hybridized carbons (Fsp3) is 0.375. The highest BCUT2D eigenvalue weighted by molar-refractivity contribution is 6.33. The van der Waals surface area contributed by atoms with Crippen molar-refractivity contribution in [3.05, 3.63) is 52.6 Å². The van der Waals surface area contributed by atoms with Crippen molar-refractivity contribution in [2.75, 3.05) is 0 Å². The number of aryl methyl sites for hydroxylation is 2. The highest BCUT2D eigenvalue weighted by atomic mass is 35.5. The molecule has 0 fully saturated rings. The molecule has 0 aliphatic carbocycles. The summed E-state index contributed by atoms with van der Waals surface area (Å²) in [4.78, 5) is 16.5. The highest BCUT2D eigenvalue weighted by Gasteiger charge is 2.19. The van der Waals surface area contributed by atoms with Gasteiger partial charge in [0, 0.05) is 23.1 Å². The molecule has 0 aliphatic rings. The number of ketones is 1. The van der Waals surface area contributed by atoms with Gasteiger partial charge < -0.3 is 4.57 Å². The molecule has 0 aromatic carbocycles. The van der Waals surface area contributed by atoms with Crippen LogP contribution in [0, 0.1) is 20.8 Å². The number of hydrogen-bond donors (Lipinski definition) is 0. The van der Waals surface area contributed by atoms with Gasteiger partial charge in [0.05, 0.1) is 17.6 Å². The molecule has 0 aliphatic heterocycles. The Morgan fingerprint density at radius 3 is 2.70 bits per heavy atom. The fourth-order valence-corrected chi connectivity index (χ4v) is 2.46. The monoisotopic (exact) mass is 290 g/mol. The first kappa shape index (κ1) is 14.8. The first-order valence-corrected chi connectivity index (χ1v) is 7.11. The quantitative estimate of drug-likeness (QED) is 0.636. The lowest BCUT2D eigenvalue weighted by Crippen LogP contribution is -2.13. The molecule has 2 aromatic rings. The van der Waals surface area contributed by atoms with Gasteiger partial charge in [-0.05, 0) is 45.4 Å². The average Bonchev–Trinajstić information content (AvgIpc) is 2.68. The van der Waals surface area contributed by atoms with Crippen LogP contribution in [-0.4, -0.2) is 20.7 Å². The normalized spacial score (nSPS) is 12.4. The third-order valence-corrected chi connectivity index (χ3v) is 3.82. The van der Waals surface area contributed by atoms with E-state index in [4.69, 9.17) is 11.6 Å². The van der Waals surface area contributed by atoms with Crippen molar-refractivity contribution in [3.8, 4) is 0 Å². The molecule has 0 saturated heterocycles. The van der Waals surface area contributed by atoms with Crippen molar-refractivity contribution < 1.29 is 4.79 Å². The number of carbonyl (C=O) groups excluding carboxylic acids is 1. The van der Waals surface area contributed by atoms with Crippen LogP contribution >= 0.6 is 11.6 Å². The molecule has 0 radical (unpaired) electrons. The average molecular weight is 291 g/mol. The zero-order valence-corrected chi connectivity index (χ0v) is 13.0. The largest absolute Gasteiger partial charge is 0.342 e. The van der Waals surface area contributed by atoms with E-state index in [1.807, 2.05) is 39.0 Å². The van der Waals surface area contributed by atoms with Crippen LogP contribution in [-0.2, 0) is 6.54 Å². The first-order chi connectivity index (χ1) is 9.41. The predicted molar refractivity (Wildman–Crippen MR) is 81.6 cm³/mol. The van der Waals surface area contributed by atoms with Crippen molar-refractivity contribution in [1.82, 2.24) is 9.55 Å². The van der Waals surface area contributed by atoms with Crippen LogP contribution in [0.4, 0.5) is 0 Å². The third kappa shape index (κ3) is 2.78. The Hall–Kier alpha value is -1.61. The number of carbonyl (C=O) groups is 1. The summed E-state index contributed by atoms with van der Waals surface area (Å²) in [6, 6.07) is 5.89. The minimum atomic E-state index is -0.500. The van der Waals surface area contributed by atoms with Gasteiger partial charge in [-0.25, -0.2) is 0 Å². The number of hydrogen-bond acceptors (Lipinski definition) is 2. The lowest BCUT2D eigenvalue weighted by molar-refractivity contribution is 0.0991. The van der Waals surface area contributed by atoms with Crippen LogP contribution in [0.25, 0.3) is 0 Å². The van der Waals surface area contributed by atoms with Gasteiger partial charge in [0.1, 0.15) is 0 Å². The number of halogens is 1. The van der Waals surface area contributed by atoms with Gasteiger partial charge in [-0.15, -0.1) is 11.6 Å². The topological polar surface area (TPSA) is 34.9 Å². The van der Waals surface area contributed by atoms with Crippen molar-refractivity contribution in [1.29, 1.82) is 0 Å². The molecule has 3 nitrogen and oxygen atoms in total. The van der Waals surface area contributed by atoms with E-state index in [-0.39, 0.29) is 5.78 Å². The van der Waals surface area contributed by atoms with Gasteiger partial charge in [0.25, 0.3) is 0 Å². The van der Waals surface area contributed by atoms with Crippen LogP contribution in [0.5, 0.6) is 0 Å². The Morgan fingerprint density at radius 2 is 2.10 bits per heavy atom. The van der Waals surface area contributed by atoms with E-state index in [1.54, 1.807) is 13.1 Å². The van der Waals surface area contributed by atoms with E-state index in [9.17, 15) is 4.79 Å². The summed E-state index contributed by atoms with van der Waals surface area (Å²) in [6.45, 7) is 8.38. The Labute approximate surface area is 124 Å². The third-order valence-electron chi connectivity index (χ3n) is 3.63. The number of nitrogens with zero attached hydrogens (tertiary/aromatic N) is 2. The fourth-order valence-electron chi connectivity index (χ4n) is 2.34. The summed E-state index contributed by atoms with van der Waals surface area (Å²) in [7, 11) is 0. The van der Waals surface area contributed by atoms with Gasteiger partial charge in [0.15, 0.2) is 5.78 Å². The van der Waals surface area contributed by atoms with Gasteiger partial charge in [-0.3, -0.25) is 9.78 Å². The van der Waals surface area contributed by atoms with E-state index in [0.29, 0.717) is 12.1 Å². The molecule has 1 atom stereocenters. The summed E-state index contributed by atoms with van der Waals surface area (Å²) in [6.07, 6.45) is 1.80. The molecule has 0 spiro atoms. The maximum atomic E-state index is 12.1. The second-order valence-electron chi connectivity index (χ2n) is 5.12. The van der Waals surface area contributed by atoms with Gasteiger partial charge >= 0.3 is 0 Å². The van der Waals surface area contributed by atoms with E-state index in [2.05, 4.69) is 9.55 Å². The Bertz CT molecular complexity index is 644. The molecule has 2 heterocycles. The molecule has 0 N–H and O–H groups in total. The predicted octanol–water partition coefficient (Wildman–Crippen LogP) is 3.67. The van der Waals surface area contributed by atoms with Crippen molar-refractivity contribution in [3.63, 3.8) is 0 Å². The molecular weight excluding hydrogens is 272 g/mol. The van der Waals surface area contributed by atoms with E-state index in [1.165, 1.54) is 0 Å². The number of Topliss-reactive ketones (excluding diaryl/α,β-unsaturated/α-hetero) is 1. The van der Waals surface area contributed by atoms with Crippen LogP contribution < -0.4 is 0 Å².